The molecule has 0 amide bonds. The average molecular weight is 403 g/mol. The molecule has 25 heavy (non-hydrogen) atoms. The number of rotatable bonds is 7. The molecule has 1 aromatic heterocycles. The molecule has 2 rings (SSSR count). The number of carbonyl (C=O) groups excluding carboxylic acids is 1. The molecule has 134 valence electrons. The first-order chi connectivity index (χ1) is 11.7. The number of ketones is 1. The molecular formula is C14H16ClN4O4PS. The van der Waals surface area contributed by atoms with Gasteiger partial charge in [0.25, 0.3) is 0 Å². The first-order valence-corrected chi connectivity index (χ1v) is 10.1. The maximum Gasteiger partial charge on any atom is 0.327 e. The summed E-state index contributed by atoms with van der Waals surface area (Å²) in [4.78, 5) is 35.2. The van der Waals surface area contributed by atoms with E-state index in [1.54, 1.807) is 36.2 Å². The van der Waals surface area contributed by atoms with E-state index in [0.717, 1.165) is 17.0 Å². The van der Waals surface area contributed by atoms with Gasteiger partial charge in [0.2, 0.25) is 5.13 Å². The lowest BCUT2D eigenvalue weighted by molar-refractivity contribution is 0.102. The molecule has 0 saturated carbocycles. The standard InChI is InChI=1S/C14H16ClN4O4PS/c1-9(20)12-13(15)16-14(25-12)18-17-10-3-5-11(6-4-10)19(2)7-8-24(21,22)23/h3-6H,7-8H2,1-2H3,(H2,21,22,23). The van der Waals surface area contributed by atoms with E-state index in [9.17, 15) is 9.36 Å². The Morgan fingerprint density at radius 2 is 1.96 bits per heavy atom. The topological polar surface area (TPSA) is 115 Å². The van der Waals surface area contributed by atoms with Crippen LogP contribution in [0, 0.1) is 0 Å². The average Bonchev–Trinajstić information content (AvgIpc) is 2.91. The highest BCUT2D eigenvalue weighted by atomic mass is 35.5. The van der Waals surface area contributed by atoms with Gasteiger partial charge in [0.05, 0.1) is 11.8 Å². The van der Waals surface area contributed by atoms with Gasteiger partial charge < -0.3 is 14.7 Å². The summed E-state index contributed by atoms with van der Waals surface area (Å²) in [7, 11) is -2.28. The van der Waals surface area contributed by atoms with Gasteiger partial charge in [0.15, 0.2) is 10.9 Å². The molecule has 0 atom stereocenters. The predicted octanol–water partition coefficient (Wildman–Crippen LogP) is 4.03. The Kier molecular flexibility index (Phi) is 6.42. The molecule has 0 fully saturated rings. The summed E-state index contributed by atoms with van der Waals surface area (Å²) in [6.07, 6.45) is -0.214. The summed E-state index contributed by atoms with van der Waals surface area (Å²) in [5.41, 5.74) is 1.37. The zero-order valence-corrected chi connectivity index (χ0v) is 15.9. The quantitative estimate of drug-likeness (QED) is 0.410. The van der Waals surface area contributed by atoms with Crippen molar-refractivity contribution in [2.24, 2.45) is 10.2 Å². The van der Waals surface area contributed by atoms with Gasteiger partial charge in [-0.15, -0.1) is 10.2 Å². The van der Waals surface area contributed by atoms with Crippen molar-refractivity contribution in [3.8, 4) is 0 Å². The Bertz CT molecular complexity index is 834. The number of Topliss-reactive ketones (excluding diaryl/α,β-unsaturated/α-hetero) is 1. The first-order valence-electron chi connectivity index (χ1n) is 7.10. The molecule has 11 heteroatoms. The minimum Gasteiger partial charge on any atom is -0.374 e. The Morgan fingerprint density at radius 3 is 2.48 bits per heavy atom. The number of azo groups is 1. The second-order valence-corrected chi connectivity index (χ2v) is 8.31. The molecule has 0 aliphatic carbocycles. The minimum atomic E-state index is -4.02. The maximum absolute atomic E-state index is 11.3. The molecule has 0 spiro atoms. The van der Waals surface area contributed by atoms with Crippen molar-refractivity contribution in [2.45, 2.75) is 6.92 Å². The highest BCUT2D eigenvalue weighted by Crippen LogP contribution is 2.34. The lowest BCUT2D eigenvalue weighted by Crippen LogP contribution is -2.21. The minimum absolute atomic E-state index is 0.119. The van der Waals surface area contributed by atoms with Gasteiger partial charge in [-0.3, -0.25) is 9.36 Å². The van der Waals surface area contributed by atoms with Crippen molar-refractivity contribution in [3.63, 3.8) is 0 Å². The van der Waals surface area contributed by atoms with E-state index in [4.69, 9.17) is 21.4 Å². The van der Waals surface area contributed by atoms with Gasteiger partial charge >= 0.3 is 7.60 Å². The molecule has 1 aromatic carbocycles. The largest absolute Gasteiger partial charge is 0.374 e. The van der Waals surface area contributed by atoms with Gasteiger partial charge in [-0.2, -0.15) is 0 Å². The third-order valence-corrected chi connectivity index (χ3v) is 5.37. The highest BCUT2D eigenvalue weighted by Gasteiger charge is 2.14. The Labute approximate surface area is 153 Å². The van der Waals surface area contributed by atoms with Gasteiger partial charge in [0, 0.05) is 26.2 Å². The van der Waals surface area contributed by atoms with Gasteiger partial charge in [-0.05, 0) is 24.3 Å². The number of aromatic nitrogens is 1. The zero-order valence-electron chi connectivity index (χ0n) is 13.5. The van der Waals surface area contributed by atoms with Crippen molar-refractivity contribution in [2.75, 3.05) is 24.7 Å². The van der Waals surface area contributed by atoms with Gasteiger partial charge in [0.1, 0.15) is 4.88 Å². The molecule has 0 saturated heterocycles. The monoisotopic (exact) mass is 402 g/mol. The Hall–Kier alpha value is -1.64. The Morgan fingerprint density at radius 1 is 1.32 bits per heavy atom. The number of anilines is 1. The number of carbonyl (C=O) groups is 1. The molecule has 0 aliphatic heterocycles. The van der Waals surface area contributed by atoms with Crippen molar-refractivity contribution in [1.82, 2.24) is 4.98 Å². The van der Waals surface area contributed by atoms with Crippen LogP contribution in [0.4, 0.5) is 16.5 Å². The smallest absolute Gasteiger partial charge is 0.327 e. The fraction of sp³-hybridized carbons (Fsp3) is 0.286. The van der Waals surface area contributed by atoms with Crippen LogP contribution in [0.15, 0.2) is 34.5 Å². The molecule has 0 aliphatic rings. The molecular weight excluding hydrogens is 387 g/mol. The van der Waals surface area contributed by atoms with Crippen molar-refractivity contribution in [3.05, 3.63) is 34.3 Å². The number of benzene rings is 1. The van der Waals surface area contributed by atoms with Crippen LogP contribution in [0.3, 0.4) is 0 Å². The van der Waals surface area contributed by atoms with E-state index in [0.29, 0.717) is 10.6 Å². The summed E-state index contributed by atoms with van der Waals surface area (Å²) in [6.45, 7) is 1.64. The van der Waals surface area contributed by atoms with E-state index in [-0.39, 0.29) is 28.8 Å². The molecule has 8 nitrogen and oxygen atoms in total. The third kappa shape index (κ3) is 5.98. The second-order valence-electron chi connectivity index (χ2n) is 5.20. The second kappa shape index (κ2) is 8.16. The van der Waals surface area contributed by atoms with Crippen LogP contribution in [0.2, 0.25) is 5.15 Å². The molecule has 2 N–H and O–H groups in total. The van der Waals surface area contributed by atoms with Crippen LogP contribution >= 0.6 is 30.5 Å². The van der Waals surface area contributed by atoms with Crippen LogP contribution < -0.4 is 4.90 Å². The predicted molar refractivity (Wildman–Crippen MR) is 97.9 cm³/mol. The summed E-state index contributed by atoms with van der Waals surface area (Å²) >= 11 is 6.92. The van der Waals surface area contributed by atoms with Crippen LogP contribution in [0.1, 0.15) is 16.6 Å². The molecule has 0 bridgehead atoms. The van der Waals surface area contributed by atoms with E-state index >= 15 is 0 Å². The summed E-state index contributed by atoms with van der Waals surface area (Å²) in [6, 6.07) is 6.97. The highest BCUT2D eigenvalue weighted by molar-refractivity contribution is 7.51. The Balaban J connectivity index is 2.03. The van der Waals surface area contributed by atoms with Crippen LogP contribution in [-0.2, 0) is 4.57 Å². The van der Waals surface area contributed by atoms with Crippen molar-refractivity contribution >= 4 is 52.8 Å². The molecule has 2 aromatic rings. The summed E-state index contributed by atoms with van der Waals surface area (Å²) < 4.78 is 10.9. The van der Waals surface area contributed by atoms with Crippen LogP contribution in [0.25, 0.3) is 0 Å². The maximum atomic E-state index is 11.3. The normalized spacial score (nSPS) is 11.9. The molecule has 0 unspecified atom stereocenters. The van der Waals surface area contributed by atoms with Crippen molar-refractivity contribution in [1.29, 1.82) is 0 Å². The molecule has 1 heterocycles. The lowest BCUT2D eigenvalue weighted by Gasteiger charge is -2.19. The number of hydrogen-bond acceptors (Lipinski definition) is 7. The SMILES string of the molecule is CC(=O)c1sc(N=Nc2ccc(N(C)CCP(=O)(O)O)cc2)nc1Cl. The van der Waals surface area contributed by atoms with E-state index in [1.807, 2.05) is 0 Å². The number of hydrogen-bond donors (Lipinski definition) is 2. The van der Waals surface area contributed by atoms with Crippen LogP contribution in [-0.4, -0.2) is 40.3 Å². The third-order valence-electron chi connectivity index (χ3n) is 3.16. The van der Waals surface area contributed by atoms with Gasteiger partial charge in [-0.1, -0.05) is 22.9 Å². The fourth-order valence-corrected chi connectivity index (χ4v) is 3.45. The molecule has 0 radical (unpaired) electrons. The van der Waals surface area contributed by atoms with Crippen molar-refractivity contribution < 1.29 is 19.1 Å². The summed E-state index contributed by atoms with van der Waals surface area (Å²) in [5, 5.41) is 8.41. The van der Waals surface area contributed by atoms with E-state index in [2.05, 4.69) is 15.2 Å². The number of nitrogens with zero attached hydrogens (tertiary/aromatic N) is 4. The van der Waals surface area contributed by atoms with E-state index in [1.165, 1.54) is 6.92 Å². The summed E-state index contributed by atoms with van der Waals surface area (Å²) in [5.74, 6) is -0.174. The number of thiazole rings is 1. The fourth-order valence-electron chi connectivity index (χ4n) is 1.83. The zero-order chi connectivity index (χ0) is 18.6. The number of halogens is 1. The lowest BCUT2D eigenvalue weighted by atomic mass is 10.2. The first kappa shape index (κ1) is 19.7. The van der Waals surface area contributed by atoms with E-state index < -0.39 is 7.60 Å². The van der Waals surface area contributed by atoms with Gasteiger partial charge in [-0.25, -0.2) is 4.98 Å². The van der Waals surface area contributed by atoms with Crippen LogP contribution in [0.5, 0.6) is 0 Å².